The second kappa shape index (κ2) is 50.2. The molecule has 0 fully saturated rings. The highest BCUT2D eigenvalue weighted by Gasteiger charge is 2.19. The van der Waals surface area contributed by atoms with Crippen LogP contribution in [0.5, 0.6) is 0 Å². The quantitative estimate of drug-likeness (QED) is 0.0200. The molecule has 0 bridgehead atoms. The third-order valence-corrected chi connectivity index (χ3v) is 9.81. The minimum Gasteiger partial charge on any atom is -0.462 e. The molecule has 0 spiro atoms. The van der Waals surface area contributed by atoms with Crippen molar-refractivity contribution >= 4 is 17.9 Å². The third-order valence-electron chi connectivity index (χ3n) is 9.81. The van der Waals surface area contributed by atoms with Crippen molar-refractivity contribution in [1.82, 2.24) is 0 Å². The molecule has 0 aliphatic rings. The number of hydrogen-bond donors (Lipinski definition) is 0. The largest absolute Gasteiger partial charge is 0.462 e. The van der Waals surface area contributed by atoms with Crippen LogP contribution in [0, 0.1) is 0 Å². The first kappa shape index (κ1) is 58.6. The van der Waals surface area contributed by atoms with Gasteiger partial charge in [0.15, 0.2) is 6.10 Å². The second-order valence-corrected chi connectivity index (χ2v) is 15.8. The topological polar surface area (TPSA) is 78.9 Å². The second-order valence-electron chi connectivity index (χ2n) is 15.8. The van der Waals surface area contributed by atoms with Gasteiger partial charge in [-0.05, 0) is 96.3 Å². The maximum Gasteiger partial charge on any atom is 0.306 e. The summed E-state index contributed by atoms with van der Waals surface area (Å²) in [6.45, 7) is 6.24. The zero-order valence-corrected chi connectivity index (χ0v) is 40.0. The van der Waals surface area contributed by atoms with Crippen molar-refractivity contribution in [3.8, 4) is 0 Å². The van der Waals surface area contributed by atoms with Gasteiger partial charge in [0.05, 0.1) is 0 Å². The van der Waals surface area contributed by atoms with Crippen LogP contribution in [0.25, 0.3) is 0 Å². The molecule has 352 valence electrons. The van der Waals surface area contributed by atoms with Crippen molar-refractivity contribution in [3.05, 3.63) is 134 Å². The number of ether oxygens (including phenoxy) is 3. The average Bonchev–Trinajstić information content (AvgIpc) is 3.28. The number of esters is 3. The van der Waals surface area contributed by atoms with Crippen LogP contribution in [-0.2, 0) is 28.6 Å². The molecule has 0 aliphatic heterocycles. The molecule has 1 unspecified atom stereocenters. The summed E-state index contributed by atoms with van der Waals surface area (Å²) in [5, 5.41) is 0. The maximum absolute atomic E-state index is 12.8. The van der Waals surface area contributed by atoms with E-state index in [1.165, 1.54) is 32.1 Å². The molecular formula is C57H88O6. The molecule has 0 aromatic heterocycles. The molecule has 0 amide bonds. The van der Waals surface area contributed by atoms with Crippen LogP contribution in [-0.4, -0.2) is 37.2 Å². The van der Waals surface area contributed by atoms with Crippen LogP contribution in [0.3, 0.4) is 0 Å². The fourth-order valence-electron chi connectivity index (χ4n) is 6.12. The molecule has 6 heteroatoms. The molecule has 0 radical (unpaired) electrons. The molecule has 0 N–H and O–H groups in total. The molecule has 0 aromatic carbocycles. The normalized spacial score (nSPS) is 13.3. The summed E-state index contributed by atoms with van der Waals surface area (Å²) in [4.78, 5) is 37.9. The summed E-state index contributed by atoms with van der Waals surface area (Å²) in [7, 11) is 0. The van der Waals surface area contributed by atoms with Crippen LogP contribution in [0.15, 0.2) is 134 Å². The van der Waals surface area contributed by atoms with Crippen molar-refractivity contribution in [1.29, 1.82) is 0 Å². The van der Waals surface area contributed by atoms with Gasteiger partial charge in [-0.2, -0.15) is 0 Å². The predicted octanol–water partition coefficient (Wildman–Crippen LogP) is 16.3. The van der Waals surface area contributed by atoms with E-state index >= 15 is 0 Å². The number of carbonyl (C=O) groups is 3. The number of carbonyl (C=O) groups excluding carboxylic acids is 3. The van der Waals surface area contributed by atoms with Gasteiger partial charge in [0.25, 0.3) is 0 Å². The van der Waals surface area contributed by atoms with E-state index in [9.17, 15) is 14.4 Å². The van der Waals surface area contributed by atoms with E-state index in [0.29, 0.717) is 19.3 Å². The predicted molar refractivity (Wildman–Crippen MR) is 269 cm³/mol. The van der Waals surface area contributed by atoms with Crippen molar-refractivity contribution in [2.45, 2.75) is 194 Å². The minimum atomic E-state index is -0.829. The molecule has 0 saturated heterocycles. The summed E-state index contributed by atoms with van der Waals surface area (Å²) >= 11 is 0. The molecule has 0 saturated carbocycles. The number of hydrogen-bond acceptors (Lipinski definition) is 6. The van der Waals surface area contributed by atoms with E-state index in [2.05, 4.69) is 106 Å². The summed E-state index contributed by atoms with van der Waals surface area (Å²) < 4.78 is 16.7. The van der Waals surface area contributed by atoms with Gasteiger partial charge in [-0.3, -0.25) is 14.4 Å². The fraction of sp³-hybridized carbons (Fsp3) is 0.561. The lowest BCUT2D eigenvalue weighted by Crippen LogP contribution is -2.30. The molecule has 6 nitrogen and oxygen atoms in total. The zero-order chi connectivity index (χ0) is 45.8. The van der Waals surface area contributed by atoms with Crippen LogP contribution in [0.4, 0.5) is 0 Å². The van der Waals surface area contributed by atoms with Gasteiger partial charge in [0.1, 0.15) is 13.2 Å². The Kier molecular flexibility index (Phi) is 46.7. The van der Waals surface area contributed by atoms with Gasteiger partial charge in [-0.15, -0.1) is 0 Å². The SMILES string of the molecule is CC\C=C/C=C\C=C/C=C\C=C/CCCCCC(=O)OC(COC(=O)CCCC/C=C\C/C=C\C/C=C\CC)COC(=O)CCCCCCC\C=C/C=C\C=C/CCCCCCC. The van der Waals surface area contributed by atoms with Crippen LogP contribution in [0.2, 0.25) is 0 Å². The molecule has 0 aromatic rings. The Morgan fingerprint density at radius 1 is 0.349 bits per heavy atom. The molecule has 0 heterocycles. The summed E-state index contributed by atoms with van der Waals surface area (Å²) in [5.41, 5.74) is 0. The fourth-order valence-corrected chi connectivity index (χ4v) is 6.12. The molecule has 0 rings (SSSR count). The highest BCUT2D eigenvalue weighted by atomic mass is 16.6. The molecule has 63 heavy (non-hydrogen) atoms. The van der Waals surface area contributed by atoms with E-state index in [1.807, 2.05) is 48.6 Å². The van der Waals surface area contributed by atoms with Crippen molar-refractivity contribution in [2.24, 2.45) is 0 Å². The smallest absolute Gasteiger partial charge is 0.306 e. The Labute approximate surface area is 385 Å². The highest BCUT2D eigenvalue weighted by molar-refractivity contribution is 5.71. The van der Waals surface area contributed by atoms with Crippen LogP contribution < -0.4 is 0 Å². The van der Waals surface area contributed by atoms with Gasteiger partial charge in [0, 0.05) is 19.3 Å². The summed E-state index contributed by atoms with van der Waals surface area (Å²) in [6, 6.07) is 0. The van der Waals surface area contributed by atoms with E-state index in [0.717, 1.165) is 103 Å². The Bertz CT molecular complexity index is 1420. The zero-order valence-electron chi connectivity index (χ0n) is 40.0. The van der Waals surface area contributed by atoms with Crippen molar-refractivity contribution < 1.29 is 28.6 Å². The first-order valence-electron chi connectivity index (χ1n) is 24.8. The van der Waals surface area contributed by atoms with E-state index in [-0.39, 0.29) is 44.0 Å². The van der Waals surface area contributed by atoms with Crippen LogP contribution in [0.1, 0.15) is 188 Å². The first-order chi connectivity index (χ1) is 31.0. The van der Waals surface area contributed by atoms with Gasteiger partial charge in [-0.25, -0.2) is 0 Å². The number of unbranched alkanes of at least 4 members (excludes halogenated alkanes) is 15. The van der Waals surface area contributed by atoms with E-state index in [4.69, 9.17) is 14.2 Å². The Hall–Kier alpha value is -4.45. The first-order valence-corrected chi connectivity index (χ1v) is 24.8. The maximum atomic E-state index is 12.8. The Balaban J connectivity index is 4.57. The molecule has 0 aliphatic carbocycles. The van der Waals surface area contributed by atoms with Gasteiger partial charge >= 0.3 is 17.9 Å². The lowest BCUT2D eigenvalue weighted by atomic mass is 10.1. The van der Waals surface area contributed by atoms with Crippen LogP contribution >= 0.6 is 0 Å². The van der Waals surface area contributed by atoms with Gasteiger partial charge < -0.3 is 14.2 Å². The van der Waals surface area contributed by atoms with Crippen molar-refractivity contribution in [2.75, 3.05) is 13.2 Å². The average molecular weight is 869 g/mol. The Morgan fingerprint density at radius 2 is 0.698 bits per heavy atom. The van der Waals surface area contributed by atoms with Crippen molar-refractivity contribution in [3.63, 3.8) is 0 Å². The van der Waals surface area contributed by atoms with E-state index < -0.39 is 6.10 Å². The molecular weight excluding hydrogens is 781 g/mol. The highest BCUT2D eigenvalue weighted by Crippen LogP contribution is 2.12. The van der Waals surface area contributed by atoms with Gasteiger partial charge in [-0.1, -0.05) is 206 Å². The number of allylic oxidation sites excluding steroid dienone is 22. The standard InChI is InChI=1S/C57H88O6/c1-4-7-10-13-16-19-22-25-27-28-29-31-32-35-38-41-44-47-50-56(59)62-53-54(52-61-55(58)49-46-43-40-37-34-24-21-18-15-12-9-6-3)63-57(60)51-48-45-42-39-36-33-30-26-23-20-17-14-11-8-5-2/h8-9,11-12,14,17-18,20-23,25-31,33-34,36-37,54H,4-7,10,13,15-16,19,24,32,35,38-53H2,1-3H3/b11-8-,12-9-,17-14-,21-18-,23-20-,25-22-,28-27-,30-26-,31-29-,36-33-,37-34-. The lowest BCUT2D eigenvalue weighted by molar-refractivity contribution is -0.167. The minimum absolute atomic E-state index is 0.124. The number of rotatable bonds is 42. The lowest BCUT2D eigenvalue weighted by Gasteiger charge is -2.18. The Morgan fingerprint density at radius 3 is 1.21 bits per heavy atom. The van der Waals surface area contributed by atoms with E-state index in [1.54, 1.807) is 0 Å². The third kappa shape index (κ3) is 48.4. The molecule has 1 atom stereocenters. The summed E-state index contributed by atoms with van der Waals surface area (Å²) in [5.74, 6) is -1.04. The monoisotopic (exact) mass is 869 g/mol. The summed E-state index contributed by atoms with van der Waals surface area (Å²) in [6.07, 6.45) is 70.1. The van der Waals surface area contributed by atoms with Gasteiger partial charge in [0.2, 0.25) is 0 Å².